The number of piperidine rings is 1. The minimum absolute atomic E-state index is 0.198. The van der Waals surface area contributed by atoms with E-state index in [1.165, 1.54) is 11.3 Å². The fourth-order valence-electron chi connectivity index (χ4n) is 3.73. The number of nitrogens with zero attached hydrogens (tertiary/aromatic N) is 1. The highest BCUT2D eigenvalue weighted by Gasteiger charge is 2.47. The summed E-state index contributed by atoms with van der Waals surface area (Å²) in [6, 6.07) is 3.63. The molecule has 0 aromatic carbocycles. The van der Waals surface area contributed by atoms with Crippen LogP contribution in [-0.4, -0.2) is 37.0 Å². The number of hydrogen-bond acceptors (Lipinski definition) is 4. The number of aliphatic hydroxyl groups excluding tert-OH is 1. The van der Waals surface area contributed by atoms with E-state index in [0.717, 1.165) is 43.4 Å². The third kappa shape index (κ3) is 2.67. The lowest BCUT2D eigenvalue weighted by molar-refractivity contribution is 0.0127. The highest BCUT2D eigenvalue weighted by molar-refractivity contribution is 7.91. The molecule has 1 aliphatic heterocycles. The van der Waals surface area contributed by atoms with E-state index < -0.39 is 10.0 Å². The first kappa shape index (κ1) is 15.5. The van der Waals surface area contributed by atoms with Gasteiger partial charge < -0.3 is 5.11 Å². The largest absolute Gasteiger partial charge is 0.392 e. The second-order valence-electron chi connectivity index (χ2n) is 6.29. The predicted octanol–water partition coefficient (Wildman–Crippen LogP) is 2.63. The van der Waals surface area contributed by atoms with Crippen LogP contribution in [0.15, 0.2) is 16.3 Å². The molecular weight excluding hydrogens is 306 g/mol. The Bertz CT molecular complexity index is 610. The van der Waals surface area contributed by atoms with Gasteiger partial charge in [0.05, 0.1) is 6.10 Å². The summed E-state index contributed by atoms with van der Waals surface area (Å²) < 4.78 is 27.7. The van der Waals surface area contributed by atoms with E-state index in [0.29, 0.717) is 17.3 Å². The molecule has 6 heteroatoms. The molecule has 3 rings (SSSR count). The van der Waals surface area contributed by atoms with Crippen molar-refractivity contribution in [3.8, 4) is 0 Å². The van der Waals surface area contributed by atoms with Gasteiger partial charge in [-0.1, -0.05) is 13.3 Å². The smallest absolute Gasteiger partial charge is 0.252 e. The van der Waals surface area contributed by atoms with Crippen molar-refractivity contribution in [3.05, 3.63) is 17.0 Å². The monoisotopic (exact) mass is 329 g/mol. The van der Waals surface area contributed by atoms with Gasteiger partial charge in [0.15, 0.2) is 0 Å². The van der Waals surface area contributed by atoms with Crippen molar-refractivity contribution in [2.75, 3.05) is 13.1 Å². The topological polar surface area (TPSA) is 57.6 Å². The fraction of sp³-hybridized carbons (Fsp3) is 0.733. The first-order valence-corrected chi connectivity index (χ1v) is 10.0. The Morgan fingerprint density at radius 2 is 2.14 bits per heavy atom. The average Bonchev–Trinajstić information content (AvgIpc) is 3.08. The van der Waals surface area contributed by atoms with Gasteiger partial charge in [0.25, 0.3) is 10.0 Å². The summed E-state index contributed by atoms with van der Waals surface area (Å²) in [5, 5.41) is 10.3. The molecule has 2 heterocycles. The number of aryl methyl sites for hydroxylation is 1. The minimum Gasteiger partial charge on any atom is -0.392 e. The molecule has 21 heavy (non-hydrogen) atoms. The Morgan fingerprint density at radius 1 is 1.38 bits per heavy atom. The molecular formula is C15H23NO3S2. The molecule has 118 valence electrons. The van der Waals surface area contributed by atoms with Gasteiger partial charge >= 0.3 is 0 Å². The molecule has 1 saturated carbocycles. The van der Waals surface area contributed by atoms with Crippen molar-refractivity contribution >= 4 is 21.4 Å². The van der Waals surface area contributed by atoms with Gasteiger partial charge in [-0.3, -0.25) is 0 Å². The van der Waals surface area contributed by atoms with Crippen LogP contribution in [0.5, 0.6) is 0 Å². The fourth-order valence-corrected chi connectivity index (χ4v) is 6.76. The zero-order chi connectivity index (χ0) is 15.1. The molecule has 2 atom stereocenters. The molecule has 2 aliphatic rings. The Balaban J connectivity index is 1.85. The first-order chi connectivity index (χ1) is 9.98. The molecule has 1 aromatic heterocycles. The van der Waals surface area contributed by atoms with Gasteiger partial charge in [-0.05, 0) is 44.2 Å². The maximum absolute atomic E-state index is 12.8. The lowest BCUT2D eigenvalue weighted by atomic mass is 9.77. The SMILES string of the molecule is CCc1ccc(S(=O)(=O)N2CCC[C@@]3(CCC[C@H]3O)C2)s1. The van der Waals surface area contributed by atoms with Gasteiger partial charge in [0, 0.05) is 23.4 Å². The van der Waals surface area contributed by atoms with Gasteiger partial charge in [0.2, 0.25) is 0 Å². The quantitative estimate of drug-likeness (QED) is 0.927. The maximum Gasteiger partial charge on any atom is 0.252 e. The molecule has 0 radical (unpaired) electrons. The summed E-state index contributed by atoms with van der Waals surface area (Å²) in [5.74, 6) is 0. The number of rotatable bonds is 3. The van der Waals surface area contributed by atoms with E-state index in [2.05, 4.69) is 0 Å². The number of thiophene rings is 1. The summed E-state index contributed by atoms with van der Waals surface area (Å²) in [6.07, 6.45) is 5.09. The summed E-state index contributed by atoms with van der Waals surface area (Å²) in [4.78, 5) is 1.10. The van der Waals surface area contributed by atoms with Crippen molar-refractivity contribution in [1.82, 2.24) is 4.31 Å². The Morgan fingerprint density at radius 3 is 2.76 bits per heavy atom. The summed E-state index contributed by atoms with van der Waals surface area (Å²) in [7, 11) is -3.40. The van der Waals surface area contributed by atoms with E-state index >= 15 is 0 Å². The van der Waals surface area contributed by atoms with E-state index in [1.54, 1.807) is 10.4 Å². The summed E-state index contributed by atoms with van der Waals surface area (Å²) in [6.45, 7) is 3.10. The van der Waals surface area contributed by atoms with Crippen molar-refractivity contribution in [3.63, 3.8) is 0 Å². The normalized spacial score (nSPS) is 31.0. The van der Waals surface area contributed by atoms with Crippen LogP contribution in [-0.2, 0) is 16.4 Å². The first-order valence-electron chi connectivity index (χ1n) is 7.75. The predicted molar refractivity (Wildman–Crippen MR) is 84.0 cm³/mol. The third-order valence-electron chi connectivity index (χ3n) is 5.01. The number of aliphatic hydroxyl groups is 1. The molecule has 1 spiro atoms. The zero-order valence-corrected chi connectivity index (χ0v) is 14.0. The highest BCUT2D eigenvalue weighted by Crippen LogP contribution is 2.46. The standard InChI is InChI=1S/C15H23NO3S2/c1-2-12-6-7-14(20-12)21(18,19)16-10-4-9-15(11-16)8-3-5-13(15)17/h6-7,13,17H,2-5,8-11H2,1H3/t13-,15+/m1/s1. The molecule has 4 nitrogen and oxygen atoms in total. The average molecular weight is 329 g/mol. The van der Waals surface area contributed by atoms with Gasteiger partial charge in [-0.2, -0.15) is 4.31 Å². The molecule has 1 aromatic rings. The third-order valence-corrected chi connectivity index (χ3v) is 8.55. The second kappa shape index (κ2) is 5.65. The molecule has 1 N–H and O–H groups in total. The van der Waals surface area contributed by atoms with Crippen molar-refractivity contribution < 1.29 is 13.5 Å². The summed E-state index contributed by atoms with van der Waals surface area (Å²) in [5.41, 5.74) is -0.198. The molecule has 0 unspecified atom stereocenters. The van der Waals surface area contributed by atoms with Crippen LogP contribution in [0.4, 0.5) is 0 Å². The van der Waals surface area contributed by atoms with E-state index in [9.17, 15) is 13.5 Å². The van der Waals surface area contributed by atoms with E-state index in [-0.39, 0.29) is 11.5 Å². The number of sulfonamides is 1. The molecule has 1 aliphatic carbocycles. The molecule has 0 amide bonds. The van der Waals surface area contributed by atoms with Crippen LogP contribution in [0, 0.1) is 5.41 Å². The van der Waals surface area contributed by atoms with E-state index in [1.807, 2.05) is 13.0 Å². The molecule has 1 saturated heterocycles. The molecule has 0 bridgehead atoms. The lowest BCUT2D eigenvalue weighted by Gasteiger charge is -2.41. The lowest BCUT2D eigenvalue weighted by Crippen LogP contribution is -2.49. The van der Waals surface area contributed by atoms with Crippen LogP contribution in [0.2, 0.25) is 0 Å². The Labute approximate surface area is 130 Å². The van der Waals surface area contributed by atoms with Gasteiger partial charge in [0.1, 0.15) is 4.21 Å². The second-order valence-corrected chi connectivity index (χ2v) is 9.62. The van der Waals surface area contributed by atoms with Gasteiger partial charge in [-0.15, -0.1) is 11.3 Å². The van der Waals surface area contributed by atoms with Crippen LogP contribution in [0.3, 0.4) is 0 Å². The minimum atomic E-state index is -3.40. The zero-order valence-electron chi connectivity index (χ0n) is 12.4. The Kier molecular flexibility index (Phi) is 4.16. The van der Waals surface area contributed by atoms with Crippen LogP contribution < -0.4 is 0 Å². The van der Waals surface area contributed by atoms with Crippen molar-refractivity contribution in [2.45, 2.75) is 55.8 Å². The van der Waals surface area contributed by atoms with Crippen LogP contribution >= 0.6 is 11.3 Å². The van der Waals surface area contributed by atoms with Crippen molar-refractivity contribution in [2.24, 2.45) is 5.41 Å². The molecule has 2 fully saturated rings. The Hall–Kier alpha value is -0.430. The summed E-state index contributed by atoms with van der Waals surface area (Å²) >= 11 is 1.37. The van der Waals surface area contributed by atoms with Crippen LogP contribution in [0.1, 0.15) is 43.9 Å². The van der Waals surface area contributed by atoms with Crippen LogP contribution in [0.25, 0.3) is 0 Å². The van der Waals surface area contributed by atoms with Crippen molar-refractivity contribution in [1.29, 1.82) is 0 Å². The van der Waals surface area contributed by atoms with E-state index in [4.69, 9.17) is 0 Å². The highest BCUT2D eigenvalue weighted by atomic mass is 32.2. The number of hydrogen-bond donors (Lipinski definition) is 1. The van der Waals surface area contributed by atoms with Gasteiger partial charge in [-0.25, -0.2) is 8.42 Å². The maximum atomic E-state index is 12.8.